The van der Waals surface area contributed by atoms with E-state index in [-0.39, 0.29) is 0 Å². The van der Waals surface area contributed by atoms with Crippen LogP contribution in [0.25, 0.3) is 0 Å². The summed E-state index contributed by atoms with van der Waals surface area (Å²) in [5.74, 6) is 0. The van der Waals surface area contributed by atoms with Gasteiger partial charge in [0.05, 0.1) is 6.10 Å². The van der Waals surface area contributed by atoms with Crippen LogP contribution in [-0.2, 0) is 4.74 Å². The zero-order valence-electron chi connectivity index (χ0n) is 12.4. The molecule has 19 heavy (non-hydrogen) atoms. The Balaban J connectivity index is 1.56. The summed E-state index contributed by atoms with van der Waals surface area (Å²) in [6.07, 6.45) is 12.3. The lowest BCUT2D eigenvalue weighted by Crippen LogP contribution is -2.64. The first-order valence-electron chi connectivity index (χ1n) is 8.38. The summed E-state index contributed by atoms with van der Waals surface area (Å²) in [6.45, 7) is 3.00. The standard InChI is InChI=1S/C16H30N2O/c1-2-19-15-11-14(16(15)9-3-4-10-16)18-13-7-5-12(17)6-8-13/h12-15,18H,2-11,17H2,1H3. The molecule has 2 atom stereocenters. The van der Waals surface area contributed by atoms with Gasteiger partial charge in [0.25, 0.3) is 0 Å². The average Bonchev–Trinajstić information content (AvgIpc) is 2.92. The van der Waals surface area contributed by atoms with Crippen LogP contribution in [0.1, 0.15) is 64.7 Å². The van der Waals surface area contributed by atoms with Crippen molar-refractivity contribution < 1.29 is 4.74 Å². The third-order valence-corrected chi connectivity index (χ3v) is 5.90. The Hall–Kier alpha value is -0.120. The number of ether oxygens (including phenoxy) is 1. The van der Waals surface area contributed by atoms with Crippen LogP contribution in [0, 0.1) is 5.41 Å². The third kappa shape index (κ3) is 2.57. The molecule has 3 aliphatic rings. The number of hydrogen-bond acceptors (Lipinski definition) is 3. The van der Waals surface area contributed by atoms with Crippen LogP contribution < -0.4 is 11.1 Å². The monoisotopic (exact) mass is 266 g/mol. The fourth-order valence-corrected chi connectivity index (χ4v) is 4.69. The van der Waals surface area contributed by atoms with Gasteiger partial charge < -0.3 is 15.8 Å². The molecule has 0 bridgehead atoms. The highest BCUT2D eigenvalue weighted by atomic mass is 16.5. The number of nitrogens with one attached hydrogen (secondary N) is 1. The summed E-state index contributed by atoms with van der Waals surface area (Å²) in [5.41, 5.74) is 6.49. The molecule has 0 amide bonds. The first kappa shape index (κ1) is 13.8. The highest BCUT2D eigenvalue weighted by Crippen LogP contribution is 2.55. The van der Waals surface area contributed by atoms with Crippen molar-refractivity contribution in [3.63, 3.8) is 0 Å². The lowest BCUT2D eigenvalue weighted by molar-refractivity contribution is -0.133. The van der Waals surface area contributed by atoms with E-state index in [1.165, 1.54) is 57.8 Å². The van der Waals surface area contributed by atoms with Gasteiger partial charge in [-0.25, -0.2) is 0 Å². The summed E-state index contributed by atoms with van der Waals surface area (Å²) < 4.78 is 5.99. The van der Waals surface area contributed by atoms with Crippen molar-refractivity contribution in [3.8, 4) is 0 Å². The largest absolute Gasteiger partial charge is 0.378 e. The first-order valence-corrected chi connectivity index (χ1v) is 8.38. The molecule has 3 aliphatic carbocycles. The lowest BCUT2D eigenvalue weighted by Gasteiger charge is -2.55. The minimum absolute atomic E-state index is 0.455. The summed E-state index contributed by atoms with van der Waals surface area (Å²) in [4.78, 5) is 0. The molecule has 110 valence electrons. The molecule has 0 radical (unpaired) electrons. The molecule has 0 aromatic rings. The molecule has 0 aromatic carbocycles. The van der Waals surface area contributed by atoms with E-state index in [1.54, 1.807) is 0 Å². The van der Waals surface area contributed by atoms with Gasteiger partial charge in [-0.2, -0.15) is 0 Å². The van der Waals surface area contributed by atoms with Gasteiger partial charge in [0.1, 0.15) is 0 Å². The first-order chi connectivity index (χ1) is 9.24. The van der Waals surface area contributed by atoms with Crippen molar-refractivity contribution in [1.29, 1.82) is 0 Å². The van der Waals surface area contributed by atoms with E-state index in [1.807, 2.05) is 0 Å². The van der Waals surface area contributed by atoms with Crippen molar-refractivity contribution in [2.75, 3.05) is 6.61 Å². The van der Waals surface area contributed by atoms with Gasteiger partial charge in [0.15, 0.2) is 0 Å². The molecule has 3 N–H and O–H groups in total. The van der Waals surface area contributed by atoms with Crippen molar-refractivity contribution in [2.24, 2.45) is 11.1 Å². The second-order valence-corrected chi connectivity index (χ2v) is 6.95. The minimum atomic E-state index is 0.455. The van der Waals surface area contributed by atoms with Crippen LogP contribution in [0.15, 0.2) is 0 Å². The predicted molar refractivity (Wildman–Crippen MR) is 78.1 cm³/mol. The van der Waals surface area contributed by atoms with E-state index in [9.17, 15) is 0 Å². The zero-order valence-corrected chi connectivity index (χ0v) is 12.4. The quantitative estimate of drug-likeness (QED) is 0.822. The van der Waals surface area contributed by atoms with E-state index in [0.29, 0.717) is 29.6 Å². The van der Waals surface area contributed by atoms with Crippen LogP contribution in [0.5, 0.6) is 0 Å². The minimum Gasteiger partial charge on any atom is -0.378 e. The Morgan fingerprint density at radius 2 is 1.84 bits per heavy atom. The average molecular weight is 266 g/mol. The number of rotatable bonds is 4. The summed E-state index contributed by atoms with van der Waals surface area (Å²) >= 11 is 0. The van der Waals surface area contributed by atoms with Gasteiger partial charge in [0, 0.05) is 30.1 Å². The number of nitrogens with two attached hydrogens (primary N) is 1. The fourth-order valence-electron chi connectivity index (χ4n) is 4.69. The Kier molecular flexibility index (Phi) is 4.16. The highest BCUT2D eigenvalue weighted by Gasteiger charge is 2.56. The van der Waals surface area contributed by atoms with E-state index in [0.717, 1.165) is 6.61 Å². The maximum absolute atomic E-state index is 6.00. The molecule has 3 rings (SSSR count). The van der Waals surface area contributed by atoms with E-state index < -0.39 is 0 Å². The number of hydrogen-bond donors (Lipinski definition) is 2. The topological polar surface area (TPSA) is 47.3 Å². The fraction of sp³-hybridized carbons (Fsp3) is 1.00. The Bertz CT molecular complexity index is 293. The van der Waals surface area contributed by atoms with Crippen molar-refractivity contribution >= 4 is 0 Å². The van der Waals surface area contributed by atoms with Crippen LogP contribution in [0.2, 0.25) is 0 Å². The van der Waals surface area contributed by atoms with Crippen molar-refractivity contribution in [3.05, 3.63) is 0 Å². The summed E-state index contributed by atoms with van der Waals surface area (Å²) in [7, 11) is 0. The molecule has 1 spiro atoms. The van der Waals surface area contributed by atoms with Crippen LogP contribution >= 0.6 is 0 Å². The third-order valence-electron chi connectivity index (χ3n) is 5.90. The van der Waals surface area contributed by atoms with Gasteiger partial charge in [-0.3, -0.25) is 0 Å². The van der Waals surface area contributed by atoms with Crippen molar-refractivity contribution in [1.82, 2.24) is 5.32 Å². The summed E-state index contributed by atoms with van der Waals surface area (Å²) in [5, 5.41) is 3.96. The predicted octanol–water partition coefficient (Wildman–Crippen LogP) is 2.58. The van der Waals surface area contributed by atoms with Crippen LogP contribution in [0.3, 0.4) is 0 Å². The zero-order chi connectivity index (χ0) is 13.3. The second kappa shape index (κ2) is 5.71. The lowest BCUT2D eigenvalue weighted by atomic mass is 9.60. The van der Waals surface area contributed by atoms with E-state index in [2.05, 4.69) is 12.2 Å². The maximum Gasteiger partial charge on any atom is 0.0661 e. The Labute approximate surface area is 117 Å². The van der Waals surface area contributed by atoms with Gasteiger partial charge in [-0.1, -0.05) is 12.8 Å². The molecule has 0 aliphatic heterocycles. The van der Waals surface area contributed by atoms with Crippen LogP contribution in [-0.4, -0.2) is 30.8 Å². The smallest absolute Gasteiger partial charge is 0.0661 e. The highest BCUT2D eigenvalue weighted by molar-refractivity contribution is 5.10. The van der Waals surface area contributed by atoms with E-state index in [4.69, 9.17) is 10.5 Å². The molecule has 0 saturated heterocycles. The van der Waals surface area contributed by atoms with Gasteiger partial charge in [0.2, 0.25) is 0 Å². The molecular formula is C16H30N2O. The molecule has 3 heteroatoms. The van der Waals surface area contributed by atoms with Gasteiger partial charge in [-0.15, -0.1) is 0 Å². The molecule has 0 heterocycles. The molecule has 3 nitrogen and oxygen atoms in total. The molecule has 3 saturated carbocycles. The maximum atomic E-state index is 6.00. The molecule has 0 aromatic heterocycles. The van der Waals surface area contributed by atoms with Crippen LogP contribution in [0.4, 0.5) is 0 Å². The molecular weight excluding hydrogens is 236 g/mol. The SMILES string of the molecule is CCOC1CC(NC2CCC(N)CC2)C12CCCC2. The molecule has 2 unspecified atom stereocenters. The Morgan fingerprint density at radius 3 is 2.47 bits per heavy atom. The Morgan fingerprint density at radius 1 is 1.16 bits per heavy atom. The van der Waals surface area contributed by atoms with E-state index >= 15 is 0 Å². The summed E-state index contributed by atoms with van der Waals surface area (Å²) in [6, 6.07) is 1.88. The second-order valence-electron chi connectivity index (χ2n) is 6.95. The normalized spacial score (nSPS) is 41.4. The van der Waals surface area contributed by atoms with Crippen molar-refractivity contribution in [2.45, 2.75) is 88.9 Å². The van der Waals surface area contributed by atoms with Gasteiger partial charge in [-0.05, 0) is 51.9 Å². The molecule has 3 fully saturated rings. The van der Waals surface area contributed by atoms with Gasteiger partial charge >= 0.3 is 0 Å².